The van der Waals surface area contributed by atoms with Crippen molar-refractivity contribution < 1.29 is 24.1 Å². The van der Waals surface area contributed by atoms with Crippen LogP contribution in [0.3, 0.4) is 0 Å². The Morgan fingerprint density at radius 2 is 1.74 bits per heavy atom. The van der Waals surface area contributed by atoms with Gasteiger partial charge in [0, 0.05) is 19.6 Å². The molecule has 0 aliphatic carbocycles. The highest BCUT2D eigenvalue weighted by molar-refractivity contribution is 5.19. The topological polar surface area (TPSA) is 63.9 Å². The molecule has 1 aliphatic heterocycles. The van der Waals surface area contributed by atoms with Crippen LogP contribution in [-0.2, 0) is 6.42 Å². The van der Waals surface area contributed by atoms with E-state index >= 15 is 0 Å². The molecule has 19 heavy (non-hydrogen) atoms. The first-order valence-electron chi connectivity index (χ1n) is 6.18. The molecule has 3 N–H and O–H groups in total. The van der Waals surface area contributed by atoms with E-state index in [-0.39, 0.29) is 25.1 Å². The Morgan fingerprint density at radius 3 is 2.37 bits per heavy atom. The zero-order valence-electron chi connectivity index (χ0n) is 10.3. The Bertz CT molecular complexity index is 432. The number of β-amino-alcohol motifs (C(OH)–C–C–N with tert-alkyl or cyclic N) is 2. The van der Waals surface area contributed by atoms with Crippen LogP contribution in [0.2, 0.25) is 0 Å². The molecule has 1 aliphatic rings. The van der Waals surface area contributed by atoms with Crippen LogP contribution < -0.4 is 0 Å². The molecule has 0 spiro atoms. The highest BCUT2D eigenvalue weighted by atomic mass is 19.2. The number of piperidine rings is 1. The van der Waals surface area contributed by atoms with Crippen molar-refractivity contribution in [3.63, 3.8) is 0 Å². The molecular formula is C13H17F2NO3. The smallest absolute Gasteiger partial charge is 0.162 e. The Balaban J connectivity index is 1.94. The molecule has 0 aromatic heterocycles. The molecule has 0 amide bonds. The number of hydrogen-bond acceptors (Lipinski definition) is 4. The van der Waals surface area contributed by atoms with Gasteiger partial charge in [0.25, 0.3) is 0 Å². The van der Waals surface area contributed by atoms with Gasteiger partial charge in [-0.3, -0.25) is 4.90 Å². The van der Waals surface area contributed by atoms with E-state index in [4.69, 9.17) is 0 Å². The highest BCUT2D eigenvalue weighted by Gasteiger charge is 2.33. The summed E-state index contributed by atoms with van der Waals surface area (Å²) in [6.45, 7) is 0.783. The van der Waals surface area contributed by atoms with Crippen LogP contribution in [0.15, 0.2) is 18.2 Å². The van der Waals surface area contributed by atoms with Crippen molar-refractivity contribution in [1.82, 2.24) is 4.90 Å². The molecule has 106 valence electrons. The third kappa shape index (κ3) is 3.27. The third-order valence-electron chi connectivity index (χ3n) is 3.41. The van der Waals surface area contributed by atoms with E-state index in [2.05, 4.69) is 0 Å². The van der Waals surface area contributed by atoms with Gasteiger partial charge in [0.15, 0.2) is 11.6 Å². The Hall–Kier alpha value is -1.08. The fourth-order valence-electron chi connectivity index (χ4n) is 2.28. The lowest BCUT2D eigenvalue weighted by atomic mass is 10.0. The van der Waals surface area contributed by atoms with Gasteiger partial charge in [-0.25, -0.2) is 8.78 Å². The van der Waals surface area contributed by atoms with Crippen molar-refractivity contribution in [3.8, 4) is 0 Å². The fraction of sp³-hybridized carbons (Fsp3) is 0.538. The zero-order valence-corrected chi connectivity index (χ0v) is 10.3. The molecule has 3 atom stereocenters. The van der Waals surface area contributed by atoms with Crippen LogP contribution in [0.25, 0.3) is 0 Å². The maximum Gasteiger partial charge on any atom is 0.162 e. The van der Waals surface area contributed by atoms with Crippen LogP contribution >= 0.6 is 0 Å². The fourth-order valence-corrected chi connectivity index (χ4v) is 2.28. The summed E-state index contributed by atoms with van der Waals surface area (Å²) in [6, 6.07) is 4.01. The van der Waals surface area contributed by atoms with Gasteiger partial charge in [0.05, 0.1) is 12.2 Å². The molecule has 0 unspecified atom stereocenters. The minimum atomic E-state index is -1.15. The molecular weight excluding hydrogens is 256 g/mol. The molecule has 1 aromatic rings. The van der Waals surface area contributed by atoms with Crippen molar-refractivity contribution in [1.29, 1.82) is 0 Å². The van der Waals surface area contributed by atoms with Crippen molar-refractivity contribution in [2.45, 2.75) is 24.7 Å². The summed E-state index contributed by atoms with van der Waals surface area (Å²) in [4.78, 5) is 1.71. The van der Waals surface area contributed by atoms with Gasteiger partial charge >= 0.3 is 0 Å². The Labute approximate surface area is 109 Å². The zero-order chi connectivity index (χ0) is 14.0. The summed E-state index contributed by atoms with van der Waals surface area (Å²) in [5.74, 6) is -1.74. The second kappa shape index (κ2) is 5.92. The summed E-state index contributed by atoms with van der Waals surface area (Å²) >= 11 is 0. The molecule has 1 heterocycles. The number of rotatable bonds is 3. The average molecular weight is 273 g/mol. The van der Waals surface area contributed by atoms with Gasteiger partial charge in [-0.1, -0.05) is 12.1 Å². The molecule has 1 fully saturated rings. The Morgan fingerprint density at radius 1 is 1.11 bits per heavy atom. The molecule has 2 rings (SSSR count). The van der Waals surface area contributed by atoms with Crippen molar-refractivity contribution in [2.24, 2.45) is 0 Å². The van der Waals surface area contributed by atoms with E-state index in [0.29, 0.717) is 6.54 Å². The van der Waals surface area contributed by atoms with Gasteiger partial charge in [0.2, 0.25) is 0 Å². The minimum absolute atomic E-state index is 0.204. The highest BCUT2D eigenvalue weighted by Crippen LogP contribution is 2.15. The number of likely N-dealkylation sites (tertiary alicyclic amines) is 1. The number of halogens is 2. The van der Waals surface area contributed by atoms with Crippen molar-refractivity contribution in [3.05, 3.63) is 35.4 Å². The van der Waals surface area contributed by atoms with Crippen LogP contribution in [-0.4, -0.2) is 58.2 Å². The largest absolute Gasteiger partial charge is 0.389 e. The minimum Gasteiger partial charge on any atom is -0.389 e. The summed E-state index contributed by atoms with van der Waals surface area (Å²) in [5.41, 5.74) is 0.259. The first-order valence-corrected chi connectivity index (χ1v) is 6.18. The maximum atomic E-state index is 13.4. The van der Waals surface area contributed by atoms with Gasteiger partial charge in [-0.2, -0.15) is 0 Å². The predicted octanol–water partition coefficient (Wildman–Crippen LogP) is -0.0944. The average Bonchev–Trinajstić information content (AvgIpc) is 2.37. The first-order chi connectivity index (χ1) is 8.99. The van der Waals surface area contributed by atoms with Crippen LogP contribution in [0.5, 0.6) is 0 Å². The summed E-state index contributed by atoms with van der Waals surface area (Å²) < 4.78 is 26.5. The predicted molar refractivity (Wildman–Crippen MR) is 64.5 cm³/mol. The molecule has 0 bridgehead atoms. The monoisotopic (exact) mass is 273 g/mol. The number of aliphatic hydroxyl groups excluding tert-OH is 3. The SMILES string of the molecule is O[C@H]1[C@H](O)CN(CCc2cccc(F)c2F)C[C@@H]1O. The van der Waals surface area contributed by atoms with Gasteiger partial charge in [-0.05, 0) is 18.1 Å². The first kappa shape index (κ1) is 14.3. The quantitative estimate of drug-likeness (QED) is 0.720. The van der Waals surface area contributed by atoms with Crippen molar-refractivity contribution >= 4 is 0 Å². The molecule has 4 nitrogen and oxygen atoms in total. The van der Waals surface area contributed by atoms with Crippen LogP contribution in [0.4, 0.5) is 8.78 Å². The number of hydrogen-bond donors (Lipinski definition) is 3. The number of nitrogens with zero attached hydrogens (tertiary/aromatic N) is 1. The van der Waals surface area contributed by atoms with E-state index < -0.39 is 29.9 Å². The van der Waals surface area contributed by atoms with Gasteiger partial charge in [0.1, 0.15) is 6.10 Å². The molecule has 1 aromatic carbocycles. The maximum absolute atomic E-state index is 13.4. The summed E-state index contributed by atoms with van der Waals surface area (Å²) in [5, 5.41) is 28.5. The standard InChI is InChI=1S/C13H17F2NO3/c14-9-3-1-2-8(12(9)15)4-5-16-6-10(17)13(19)11(18)7-16/h1-3,10-11,13,17-19H,4-7H2/t10-,11+,13+. The summed E-state index contributed by atoms with van der Waals surface area (Å²) in [6.07, 6.45) is -2.93. The van der Waals surface area contributed by atoms with Crippen molar-refractivity contribution in [2.75, 3.05) is 19.6 Å². The number of aliphatic hydroxyl groups is 3. The van der Waals surface area contributed by atoms with Crippen LogP contribution in [0, 0.1) is 11.6 Å². The van der Waals surface area contributed by atoms with E-state index in [9.17, 15) is 24.1 Å². The lowest BCUT2D eigenvalue weighted by Crippen LogP contribution is -2.55. The number of benzene rings is 1. The van der Waals surface area contributed by atoms with Crippen LogP contribution in [0.1, 0.15) is 5.56 Å². The molecule has 1 saturated heterocycles. The second-order valence-corrected chi connectivity index (χ2v) is 4.85. The van der Waals surface area contributed by atoms with Gasteiger partial charge < -0.3 is 15.3 Å². The second-order valence-electron chi connectivity index (χ2n) is 4.85. The molecule has 6 heteroatoms. The van der Waals surface area contributed by atoms with E-state index in [1.165, 1.54) is 12.1 Å². The van der Waals surface area contributed by atoms with E-state index in [1.807, 2.05) is 0 Å². The Kier molecular flexibility index (Phi) is 4.46. The normalized spacial score (nSPS) is 28.6. The van der Waals surface area contributed by atoms with E-state index in [1.54, 1.807) is 4.90 Å². The van der Waals surface area contributed by atoms with Gasteiger partial charge in [-0.15, -0.1) is 0 Å². The summed E-state index contributed by atoms with van der Waals surface area (Å²) in [7, 11) is 0. The van der Waals surface area contributed by atoms with E-state index in [0.717, 1.165) is 6.07 Å². The lowest BCUT2D eigenvalue weighted by Gasteiger charge is -2.36. The lowest BCUT2D eigenvalue weighted by molar-refractivity contribution is -0.109. The molecule has 0 saturated carbocycles. The molecule has 0 radical (unpaired) electrons. The third-order valence-corrected chi connectivity index (χ3v) is 3.41.